The van der Waals surface area contributed by atoms with Crippen LogP contribution in [0.2, 0.25) is 0 Å². The monoisotopic (exact) mass is 1610 g/mol. The zero-order valence-corrected chi connectivity index (χ0v) is 67.6. The summed E-state index contributed by atoms with van der Waals surface area (Å²) < 4.78 is 152. The van der Waals surface area contributed by atoms with Crippen LogP contribution < -0.4 is 5.73 Å². The fourth-order valence-corrected chi connectivity index (χ4v) is 20.8. The lowest BCUT2D eigenvalue weighted by Gasteiger charge is -2.21. The first-order chi connectivity index (χ1) is 43.5. The van der Waals surface area contributed by atoms with Gasteiger partial charge in [0, 0.05) is 25.7 Å². The number of hydrogen-bond acceptors (Lipinski definition) is 21. The highest BCUT2D eigenvalue weighted by molar-refractivity contribution is 9.10. The molecular weight excluding hydrogens is 1520 g/mol. The second kappa shape index (κ2) is 34.7. The van der Waals surface area contributed by atoms with E-state index in [1.165, 1.54) is 60.4 Å². The largest absolute Gasteiger partial charge is 0.391 e. The Morgan fingerprint density at radius 1 is 0.479 bits per heavy atom. The van der Waals surface area contributed by atoms with Gasteiger partial charge in [-0.25, -0.2) is 50.5 Å². The van der Waals surface area contributed by atoms with Gasteiger partial charge in [0.1, 0.15) is 8.42 Å². The van der Waals surface area contributed by atoms with Gasteiger partial charge in [-0.05, 0) is 165 Å². The van der Waals surface area contributed by atoms with E-state index < -0.39 is 64.4 Å². The summed E-state index contributed by atoms with van der Waals surface area (Å²) in [6.07, 6.45) is 0.827. The van der Waals surface area contributed by atoms with Crippen molar-refractivity contribution in [3.8, 4) is 0 Å². The minimum absolute atomic E-state index is 0. The van der Waals surface area contributed by atoms with Gasteiger partial charge in [-0.3, -0.25) is 4.79 Å². The smallest absolute Gasteiger partial charge is 0.216 e. The number of thiophene rings is 4. The van der Waals surface area contributed by atoms with Crippen LogP contribution in [0.3, 0.4) is 0 Å². The summed E-state index contributed by atoms with van der Waals surface area (Å²) in [7, 11) is -21.1. The normalized spacial score (nSPS) is 12.5. The first-order valence-electron chi connectivity index (χ1n) is 29.7. The summed E-state index contributed by atoms with van der Waals surface area (Å²) in [6.45, 7) is 30.2. The quantitative estimate of drug-likeness (QED) is 0.0565. The zero-order chi connectivity index (χ0) is 72.3. The third kappa shape index (κ3) is 24.2. The van der Waals surface area contributed by atoms with Crippen LogP contribution >= 0.6 is 85.7 Å². The van der Waals surface area contributed by atoms with Crippen LogP contribution in [0.4, 0.5) is 0 Å². The van der Waals surface area contributed by atoms with Gasteiger partial charge in [-0.15, -0.1) is 58.0 Å². The van der Waals surface area contributed by atoms with Gasteiger partial charge in [-0.2, -0.15) is 0 Å². The highest BCUT2D eigenvalue weighted by Gasteiger charge is 2.30. The maximum atomic E-state index is 13.0. The van der Waals surface area contributed by atoms with Crippen molar-refractivity contribution in [3.05, 3.63) is 168 Å². The number of sulfone groups is 6. The van der Waals surface area contributed by atoms with Crippen LogP contribution in [0.25, 0.3) is 0 Å². The van der Waals surface area contributed by atoms with Crippen LogP contribution in [-0.2, 0) is 93.8 Å². The Hall–Kier alpha value is -3.85. The standard InChI is InChI=1S/C17H23NO4S3.C17H22O5S3.C17H20O3S3.C12H17BrO2S.C4H4S2.CH4/c2*1-5-24(19,20)14-8-12(17(2,3)4)9-15(10-14)25(21,22)16-7-6-13(11-18)23-16;1-5-23(19,20)15-9-12(17(2,3)4)8-14(10-15)22-16-7-6-13(11-18)21-16;1-5-16(14,15)11-7-9(12(2,3)4)6-10(13)8-11;5-4-2-1-3-6-4;/h6-10H,5,11,18H2,1-4H3;6-10,18H,5,11H2,1-4H3;6-11H,5H2,1-4H3;6-8H,5H2,1-4H3;1-3,5H;1H4. The van der Waals surface area contributed by atoms with E-state index in [2.05, 4.69) is 70.1 Å². The molecule has 0 aliphatic carbocycles. The Bertz CT molecular complexity index is 4490. The van der Waals surface area contributed by atoms with E-state index >= 15 is 0 Å². The molecule has 8 rings (SSSR count). The van der Waals surface area contributed by atoms with E-state index in [0.29, 0.717) is 30.7 Å². The minimum Gasteiger partial charge on any atom is -0.391 e. The third-order valence-corrected chi connectivity index (χ3v) is 31.3. The maximum absolute atomic E-state index is 13.0. The number of thiol groups is 1. The molecule has 0 spiro atoms. The molecule has 0 unspecified atom stereocenters. The summed E-state index contributed by atoms with van der Waals surface area (Å²) in [5.74, 6) is 0.0240. The summed E-state index contributed by atoms with van der Waals surface area (Å²) in [4.78, 5) is 14.4. The van der Waals surface area contributed by atoms with Crippen LogP contribution in [0.1, 0.15) is 160 Å². The second-order valence-corrected chi connectivity index (χ2v) is 46.4. The number of benzene rings is 4. The first kappa shape index (κ1) is 86.4. The number of aliphatic hydroxyl groups excluding tert-OH is 1. The molecular formula is C68H90BrNO14S12. The Balaban J connectivity index is 0.000000325. The van der Waals surface area contributed by atoms with Crippen LogP contribution in [0, 0.1) is 0 Å². The number of nitrogens with two attached hydrogens (primary N) is 1. The van der Waals surface area contributed by atoms with Gasteiger partial charge in [-0.1, -0.05) is 152 Å². The molecule has 4 aromatic carbocycles. The number of carbonyl (C=O) groups is 1. The van der Waals surface area contributed by atoms with Crippen molar-refractivity contribution in [1.82, 2.24) is 0 Å². The van der Waals surface area contributed by atoms with Crippen molar-refractivity contribution >= 4 is 151 Å². The van der Waals surface area contributed by atoms with E-state index in [4.69, 9.17) is 10.8 Å². The van der Waals surface area contributed by atoms with Gasteiger partial charge in [0.2, 0.25) is 19.7 Å². The number of aldehydes is 1. The van der Waals surface area contributed by atoms with Gasteiger partial charge in [0.15, 0.2) is 45.6 Å². The first-order valence-corrected chi connectivity index (χ1v) is 44.6. The Labute approximate surface area is 606 Å². The topological polar surface area (TPSA) is 268 Å². The highest BCUT2D eigenvalue weighted by Crippen LogP contribution is 2.39. The van der Waals surface area contributed by atoms with Gasteiger partial charge in [0.25, 0.3) is 0 Å². The average molecular weight is 1610 g/mol. The molecule has 530 valence electrons. The fraction of sp³-hybridized carbons (Fsp3) is 0.397. The SMILES string of the molecule is C.CCS(=O)(=O)c1cc(Br)cc(C(C)(C)C)c1.CCS(=O)(=O)c1cc(C(C)(C)C)cc(S(=O)(=O)c2ccc(CN)s2)c1.CCS(=O)(=O)c1cc(C(C)(C)C)cc(S(=O)(=O)c2ccc(CO)s2)c1.CCS(=O)(=O)c1cc(Sc2ccc(C=O)s2)cc(C(C)(C)C)c1.Sc1cccs1. The minimum atomic E-state index is -3.86. The van der Waals surface area contributed by atoms with Crippen LogP contribution in [-0.4, -0.2) is 84.9 Å². The van der Waals surface area contributed by atoms with Gasteiger partial charge < -0.3 is 10.8 Å². The van der Waals surface area contributed by atoms with Crippen molar-refractivity contribution in [2.45, 2.75) is 204 Å². The molecule has 15 nitrogen and oxygen atoms in total. The predicted octanol–water partition coefficient (Wildman–Crippen LogP) is 17.3. The van der Waals surface area contributed by atoms with Crippen molar-refractivity contribution in [2.75, 3.05) is 23.0 Å². The van der Waals surface area contributed by atoms with Crippen molar-refractivity contribution in [1.29, 1.82) is 0 Å². The van der Waals surface area contributed by atoms with Crippen molar-refractivity contribution < 1.29 is 60.4 Å². The second-order valence-electron chi connectivity index (χ2n) is 25.5. The molecule has 4 aromatic heterocycles. The molecule has 4 heterocycles. The van der Waals surface area contributed by atoms with E-state index in [9.17, 15) is 55.3 Å². The van der Waals surface area contributed by atoms with E-state index in [-0.39, 0.29) is 87.8 Å². The van der Waals surface area contributed by atoms with E-state index in [1.807, 2.05) is 77.3 Å². The molecule has 96 heavy (non-hydrogen) atoms. The molecule has 3 N–H and O–H groups in total. The molecule has 0 aliphatic rings. The molecule has 8 aromatic rings. The van der Waals surface area contributed by atoms with E-state index in [0.717, 1.165) is 62.8 Å². The third-order valence-electron chi connectivity index (χ3n) is 14.2. The van der Waals surface area contributed by atoms with Crippen molar-refractivity contribution in [3.63, 3.8) is 0 Å². The molecule has 0 fully saturated rings. The zero-order valence-electron chi connectivity index (χ0n) is 56.1. The fourth-order valence-electron chi connectivity index (χ4n) is 8.04. The molecule has 0 saturated heterocycles. The van der Waals surface area contributed by atoms with Crippen molar-refractivity contribution in [2.24, 2.45) is 5.73 Å². The van der Waals surface area contributed by atoms with E-state index in [1.54, 1.807) is 92.8 Å². The summed E-state index contributed by atoms with van der Waals surface area (Å²) >= 11 is 14.0. The summed E-state index contributed by atoms with van der Waals surface area (Å²) in [6, 6.07) is 33.4. The molecule has 0 saturated carbocycles. The maximum Gasteiger partial charge on any atom is 0.216 e. The number of halogens is 1. The number of hydrogen-bond donors (Lipinski definition) is 3. The Morgan fingerprint density at radius 3 is 1.16 bits per heavy atom. The van der Waals surface area contributed by atoms with Gasteiger partial charge >= 0.3 is 0 Å². The summed E-state index contributed by atoms with van der Waals surface area (Å²) in [5.41, 5.74) is 7.88. The molecule has 0 radical (unpaired) electrons. The Morgan fingerprint density at radius 2 is 0.844 bits per heavy atom. The predicted molar refractivity (Wildman–Crippen MR) is 405 cm³/mol. The van der Waals surface area contributed by atoms with Gasteiger partial charge in [0.05, 0.1) is 72.3 Å². The number of carbonyl (C=O) groups excluding carboxylic acids is 1. The average Bonchev–Trinajstić information content (AvgIpc) is 1.03. The lowest BCUT2D eigenvalue weighted by atomic mass is 9.87. The Kier molecular flexibility index (Phi) is 31.2. The molecule has 28 heteroatoms. The molecule has 0 atom stereocenters. The molecule has 0 aliphatic heterocycles. The number of aliphatic hydroxyl groups is 1. The lowest BCUT2D eigenvalue weighted by molar-refractivity contribution is 0.112. The van der Waals surface area contributed by atoms with Crippen LogP contribution in [0.5, 0.6) is 0 Å². The lowest BCUT2D eigenvalue weighted by Crippen LogP contribution is -2.15. The molecule has 0 amide bonds. The highest BCUT2D eigenvalue weighted by atomic mass is 79.9. The number of rotatable bonds is 17. The summed E-state index contributed by atoms with van der Waals surface area (Å²) in [5, 5.41) is 11.2. The molecule has 0 bridgehead atoms. The van der Waals surface area contributed by atoms with Crippen LogP contribution in [0.15, 0.2) is 182 Å².